The quantitative estimate of drug-likeness (QED) is 0.220. The van der Waals surface area contributed by atoms with Gasteiger partial charge >= 0.3 is 5.97 Å². The summed E-state index contributed by atoms with van der Waals surface area (Å²) in [4.78, 5) is 26.0. The van der Waals surface area contributed by atoms with E-state index in [1.54, 1.807) is 43.6 Å². The smallest absolute Gasteiger partial charge is 0.337 e. The van der Waals surface area contributed by atoms with E-state index < -0.39 is 11.8 Å². The molecular formula is C31H26FN5O4. The van der Waals surface area contributed by atoms with Crippen molar-refractivity contribution < 1.29 is 23.4 Å². The Labute approximate surface area is 235 Å². The zero-order valence-corrected chi connectivity index (χ0v) is 22.5. The number of nitriles is 1. The lowest BCUT2D eigenvalue weighted by Crippen LogP contribution is -2.09. The van der Waals surface area contributed by atoms with Crippen molar-refractivity contribution in [3.63, 3.8) is 0 Å². The second kappa shape index (κ2) is 12.4. The number of hydrogen-bond acceptors (Lipinski definition) is 8. The number of fused-ring (bicyclic) bond motifs is 1. The predicted octanol–water partition coefficient (Wildman–Crippen LogP) is 5.11. The van der Waals surface area contributed by atoms with E-state index in [-0.39, 0.29) is 12.2 Å². The number of ether oxygens (including phenoxy) is 3. The third kappa shape index (κ3) is 6.21. The average molecular weight is 552 g/mol. The zero-order valence-electron chi connectivity index (χ0n) is 22.5. The van der Waals surface area contributed by atoms with E-state index in [1.807, 2.05) is 34.9 Å². The van der Waals surface area contributed by atoms with Gasteiger partial charge in [0.25, 0.3) is 0 Å². The number of nitrogens with zero attached hydrogens (tertiary/aromatic N) is 5. The molecule has 0 unspecified atom stereocenters. The molecule has 2 aromatic carbocycles. The van der Waals surface area contributed by atoms with Gasteiger partial charge in [-0.1, -0.05) is 18.2 Å². The SMILES string of the molecule is COCCn1c(Cc2ccc(-c3cccc(OCc4ccc(C#N)cc4F)n3)nc2)nc2ccc(C(=O)OC)cc21. The van der Waals surface area contributed by atoms with Crippen LogP contribution in [0.25, 0.3) is 22.4 Å². The van der Waals surface area contributed by atoms with E-state index in [0.717, 1.165) is 22.4 Å². The maximum absolute atomic E-state index is 14.2. The van der Waals surface area contributed by atoms with Crippen molar-refractivity contribution in [3.8, 4) is 23.3 Å². The summed E-state index contributed by atoms with van der Waals surface area (Å²) >= 11 is 0. The van der Waals surface area contributed by atoms with Gasteiger partial charge in [0.15, 0.2) is 0 Å². The minimum Gasteiger partial charge on any atom is -0.473 e. The van der Waals surface area contributed by atoms with Gasteiger partial charge in [-0.3, -0.25) is 4.98 Å². The van der Waals surface area contributed by atoms with Crippen molar-refractivity contribution in [2.24, 2.45) is 0 Å². The van der Waals surface area contributed by atoms with Gasteiger partial charge in [0.05, 0.1) is 53.3 Å². The van der Waals surface area contributed by atoms with Gasteiger partial charge in [0.1, 0.15) is 18.2 Å². The van der Waals surface area contributed by atoms with E-state index in [2.05, 4.69) is 9.97 Å². The molecule has 0 bridgehead atoms. The van der Waals surface area contributed by atoms with E-state index >= 15 is 0 Å². The second-order valence-electron chi connectivity index (χ2n) is 9.16. The van der Waals surface area contributed by atoms with Crippen LogP contribution in [-0.4, -0.2) is 46.3 Å². The minimum absolute atomic E-state index is 0.0223. The highest BCUT2D eigenvalue weighted by molar-refractivity contribution is 5.93. The Hall–Kier alpha value is -5.14. The third-order valence-electron chi connectivity index (χ3n) is 6.50. The molecule has 0 spiro atoms. The Morgan fingerprint density at radius 2 is 1.90 bits per heavy atom. The monoisotopic (exact) mass is 551 g/mol. The van der Waals surface area contributed by atoms with Gasteiger partial charge in [0, 0.05) is 37.9 Å². The molecule has 5 aromatic rings. The summed E-state index contributed by atoms with van der Waals surface area (Å²) < 4.78 is 32.1. The number of imidazole rings is 1. The maximum atomic E-state index is 14.2. The Morgan fingerprint density at radius 3 is 2.63 bits per heavy atom. The van der Waals surface area contributed by atoms with Crippen LogP contribution in [0.1, 0.15) is 32.9 Å². The number of hydrogen-bond donors (Lipinski definition) is 0. The van der Waals surface area contributed by atoms with Gasteiger partial charge in [0.2, 0.25) is 5.88 Å². The van der Waals surface area contributed by atoms with Crippen LogP contribution in [0.2, 0.25) is 0 Å². The van der Waals surface area contributed by atoms with Crippen LogP contribution < -0.4 is 4.74 Å². The number of methoxy groups -OCH3 is 2. The molecule has 3 aromatic heterocycles. The summed E-state index contributed by atoms with van der Waals surface area (Å²) in [5.41, 5.74) is 4.84. The number of pyridine rings is 2. The number of aromatic nitrogens is 4. The first-order chi connectivity index (χ1) is 20.0. The van der Waals surface area contributed by atoms with E-state index in [9.17, 15) is 9.18 Å². The minimum atomic E-state index is -0.503. The van der Waals surface area contributed by atoms with Crippen molar-refractivity contribution in [1.29, 1.82) is 5.26 Å². The number of esters is 1. The molecule has 0 aliphatic rings. The fraction of sp³-hybridized carbons (Fsp3) is 0.194. The van der Waals surface area contributed by atoms with Gasteiger partial charge in [-0.2, -0.15) is 5.26 Å². The first-order valence-electron chi connectivity index (χ1n) is 12.8. The lowest BCUT2D eigenvalue weighted by Gasteiger charge is -2.10. The molecule has 0 aliphatic carbocycles. The molecule has 3 heterocycles. The average Bonchev–Trinajstić information content (AvgIpc) is 3.35. The lowest BCUT2D eigenvalue weighted by molar-refractivity contribution is 0.0601. The Morgan fingerprint density at radius 1 is 1.02 bits per heavy atom. The van der Waals surface area contributed by atoms with Gasteiger partial charge in [-0.15, -0.1) is 0 Å². The molecule has 206 valence electrons. The molecule has 0 amide bonds. The highest BCUT2D eigenvalue weighted by atomic mass is 19.1. The number of halogens is 1. The Bertz CT molecular complexity index is 1740. The Balaban J connectivity index is 1.33. The van der Waals surface area contributed by atoms with Crippen LogP contribution in [0.5, 0.6) is 5.88 Å². The molecule has 0 aliphatic heterocycles. The van der Waals surface area contributed by atoms with Crippen molar-refractivity contribution >= 4 is 17.0 Å². The lowest BCUT2D eigenvalue weighted by atomic mass is 10.1. The first kappa shape index (κ1) is 27.4. The highest BCUT2D eigenvalue weighted by Crippen LogP contribution is 2.23. The third-order valence-corrected chi connectivity index (χ3v) is 6.50. The number of benzene rings is 2. The summed E-state index contributed by atoms with van der Waals surface area (Å²) in [5, 5.41) is 8.91. The van der Waals surface area contributed by atoms with Gasteiger partial charge < -0.3 is 18.8 Å². The molecule has 0 saturated carbocycles. The number of carbonyl (C=O) groups is 1. The highest BCUT2D eigenvalue weighted by Gasteiger charge is 2.15. The summed E-state index contributed by atoms with van der Waals surface area (Å²) in [5.74, 6) is 0.238. The zero-order chi connectivity index (χ0) is 28.8. The maximum Gasteiger partial charge on any atom is 0.337 e. The van der Waals surface area contributed by atoms with Crippen molar-refractivity contribution in [3.05, 3.63) is 107 Å². The van der Waals surface area contributed by atoms with Crippen molar-refractivity contribution in [2.75, 3.05) is 20.8 Å². The van der Waals surface area contributed by atoms with Crippen LogP contribution in [-0.2, 0) is 29.0 Å². The fourth-order valence-corrected chi connectivity index (χ4v) is 4.37. The first-order valence-corrected chi connectivity index (χ1v) is 12.8. The summed E-state index contributed by atoms with van der Waals surface area (Å²) in [6, 6.07) is 20.6. The van der Waals surface area contributed by atoms with E-state index in [1.165, 1.54) is 19.2 Å². The Kier molecular flexibility index (Phi) is 8.27. The van der Waals surface area contributed by atoms with Crippen LogP contribution in [0.4, 0.5) is 4.39 Å². The molecule has 9 nitrogen and oxygen atoms in total. The molecule has 10 heteroatoms. The number of carbonyl (C=O) groups excluding carboxylic acids is 1. The largest absolute Gasteiger partial charge is 0.473 e. The van der Waals surface area contributed by atoms with Crippen molar-refractivity contribution in [2.45, 2.75) is 19.6 Å². The van der Waals surface area contributed by atoms with E-state index in [4.69, 9.17) is 24.5 Å². The summed E-state index contributed by atoms with van der Waals surface area (Å²) in [6.07, 6.45) is 2.29. The van der Waals surface area contributed by atoms with Crippen LogP contribution in [0, 0.1) is 17.1 Å². The van der Waals surface area contributed by atoms with Crippen molar-refractivity contribution in [1.82, 2.24) is 19.5 Å². The predicted molar refractivity (Wildman–Crippen MR) is 149 cm³/mol. The molecule has 0 atom stereocenters. The fourth-order valence-electron chi connectivity index (χ4n) is 4.37. The molecular weight excluding hydrogens is 525 g/mol. The molecule has 0 radical (unpaired) electrons. The van der Waals surface area contributed by atoms with E-state index in [0.29, 0.717) is 48.0 Å². The summed E-state index contributed by atoms with van der Waals surface area (Å²) in [6.45, 7) is 1.03. The van der Waals surface area contributed by atoms with Crippen LogP contribution in [0.3, 0.4) is 0 Å². The van der Waals surface area contributed by atoms with Crippen LogP contribution in [0.15, 0.2) is 72.9 Å². The van der Waals surface area contributed by atoms with Crippen LogP contribution >= 0.6 is 0 Å². The topological polar surface area (TPSA) is 112 Å². The summed E-state index contributed by atoms with van der Waals surface area (Å²) in [7, 11) is 2.99. The van der Waals surface area contributed by atoms with Gasteiger partial charge in [-0.25, -0.2) is 19.2 Å². The molecule has 0 fully saturated rings. The normalized spacial score (nSPS) is 10.9. The number of rotatable bonds is 10. The molecule has 41 heavy (non-hydrogen) atoms. The molecule has 0 saturated heterocycles. The van der Waals surface area contributed by atoms with Gasteiger partial charge in [-0.05, 0) is 48.0 Å². The molecule has 5 rings (SSSR count). The molecule has 0 N–H and O–H groups in total. The second-order valence-corrected chi connectivity index (χ2v) is 9.16. The standard InChI is InChI=1S/C31H26FN5O4/c1-39-13-12-37-28-16-22(31(38)40-2)9-11-27(28)35-29(37)15-21-7-10-25(34-18-21)26-4-3-5-30(36-26)41-19-23-8-6-20(17-33)14-24(23)32/h3-11,14,16,18H,12-13,15,19H2,1-2H3.